The maximum absolute atomic E-state index is 5.46. The number of aryl methyl sites for hydroxylation is 1. The number of imidazole rings is 1. The first-order valence-corrected chi connectivity index (χ1v) is 4.15. The lowest BCUT2D eigenvalue weighted by Crippen LogP contribution is -2.09. The monoisotopic (exact) mass is 177 g/mol. The van der Waals surface area contributed by atoms with Crippen LogP contribution in [-0.4, -0.2) is 26.1 Å². The van der Waals surface area contributed by atoms with Crippen molar-refractivity contribution in [3.8, 4) is 0 Å². The van der Waals surface area contributed by atoms with Gasteiger partial charge in [-0.25, -0.2) is 15.0 Å². The van der Waals surface area contributed by atoms with Gasteiger partial charge in [0.15, 0.2) is 5.65 Å². The van der Waals surface area contributed by atoms with E-state index >= 15 is 0 Å². The molecule has 0 radical (unpaired) electrons. The van der Waals surface area contributed by atoms with E-state index in [0.29, 0.717) is 6.54 Å². The van der Waals surface area contributed by atoms with Crippen molar-refractivity contribution >= 4 is 11.2 Å². The Kier molecular flexibility index (Phi) is 1.94. The Morgan fingerprint density at radius 2 is 2.23 bits per heavy atom. The molecule has 0 aliphatic heterocycles. The van der Waals surface area contributed by atoms with E-state index in [1.807, 2.05) is 11.5 Å². The van der Waals surface area contributed by atoms with Crippen LogP contribution in [0.4, 0.5) is 0 Å². The van der Waals surface area contributed by atoms with E-state index in [9.17, 15) is 0 Å². The van der Waals surface area contributed by atoms with Crippen LogP contribution in [0.2, 0.25) is 0 Å². The molecule has 0 saturated carbocycles. The van der Waals surface area contributed by atoms with Gasteiger partial charge >= 0.3 is 0 Å². The molecule has 0 spiro atoms. The summed E-state index contributed by atoms with van der Waals surface area (Å²) in [7, 11) is 0. The first kappa shape index (κ1) is 8.12. The third kappa shape index (κ3) is 1.27. The van der Waals surface area contributed by atoms with Crippen molar-refractivity contribution in [2.45, 2.75) is 13.5 Å². The van der Waals surface area contributed by atoms with Gasteiger partial charge in [0.05, 0.1) is 12.0 Å². The zero-order chi connectivity index (χ0) is 9.26. The number of nitrogens with zero attached hydrogens (tertiary/aromatic N) is 4. The Hall–Kier alpha value is -1.49. The molecule has 5 heteroatoms. The zero-order valence-corrected chi connectivity index (χ0v) is 7.44. The van der Waals surface area contributed by atoms with Crippen molar-refractivity contribution in [1.82, 2.24) is 19.5 Å². The predicted octanol–water partition coefficient (Wildman–Crippen LogP) is 0.0934. The van der Waals surface area contributed by atoms with Gasteiger partial charge in [-0.3, -0.25) is 0 Å². The number of rotatable bonds is 2. The fourth-order valence-corrected chi connectivity index (χ4v) is 1.30. The quantitative estimate of drug-likeness (QED) is 0.706. The second-order valence-corrected chi connectivity index (χ2v) is 2.86. The zero-order valence-electron chi connectivity index (χ0n) is 7.44. The molecule has 0 atom stereocenters. The van der Waals surface area contributed by atoms with Crippen LogP contribution >= 0.6 is 0 Å². The Bertz CT molecular complexity index is 419. The van der Waals surface area contributed by atoms with Crippen molar-refractivity contribution in [2.24, 2.45) is 5.73 Å². The molecule has 13 heavy (non-hydrogen) atoms. The van der Waals surface area contributed by atoms with Gasteiger partial charge in [0.1, 0.15) is 11.8 Å². The molecule has 5 nitrogen and oxygen atoms in total. The van der Waals surface area contributed by atoms with Crippen LogP contribution in [0.3, 0.4) is 0 Å². The fraction of sp³-hybridized carbons (Fsp3) is 0.375. The molecule has 0 aromatic carbocycles. The Morgan fingerprint density at radius 3 is 3.00 bits per heavy atom. The van der Waals surface area contributed by atoms with Gasteiger partial charge in [-0.2, -0.15) is 0 Å². The standard InChI is InChI=1S/C8H11N5/c1-6-7-8(11-4-10-6)13(3-2-9)5-12-7/h4-5H,2-3,9H2,1H3. The van der Waals surface area contributed by atoms with Crippen molar-refractivity contribution < 1.29 is 0 Å². The van der Waals surface area contributed by atoms with Crippen LogP contribution < -0.4 is 5.73 Å². The Balaban J connectivity index is 2.61. The lowest BCUT2D eigenvalue weighted by atomic mass is 10.4. The molecule has 2 N–H and O–H groups in total. The third-order valence-corrected chi connectivity index (χ3v) is 1.95. The van der Waals surface area contributed by atoms with Crippen molar-refractivity contribution in [2.75, 3.05) is 6.54 Å². The minimum Gasteiger partial charge on any atom is -0.329 e. The molecule has 0 bridgehead atoms. The Morgan fingerprint density at radius 1 is 1.38 bits per heavy atom. The molecule has 0 unspecified atom stereocenters. The maximum Gasteiger partial charge on any atom is 0.163 e. The van der Waals surface area contributed by atoms with E-state index in [2.05, 4.69) is 15.0 Å². The van der Waals surface area contributed by atoms with Gasteiger partial charge in [0.25, 0.3) is 0 Å². The molecular formula is C8H11N5. The highest BCUT2D eigenvalue weighted by Crippen LogP contribution is 2.10. The topological polar surface area (TPSA) is 69.6 Å². The maximum atomic E-state index is 5.46. The highest BCUT2D eigenvalue weighted by atomic mass is 15.1. The SMILES string of the molecule is Cc1ncnc2c1ncn2CCN. The van der Waals surface area contributed by atoms with Crippen LogP contribution in [0.5, 0.6) is 0 Å². The van der Waals surface area contributed by atoms with Gasteiger partial charge in [-0.1, -0.05) is 0 Å². The number of nitrogens with two attached hydrogens (primary N) is 1. The molecule has 2 aromatic heterocycles. The smallest absolute Gasteiger partial charge is 0.163 e. The Labute approximate surface area is 75.6 Å². The van der Waals surface area contributed by atoms with Gasteiger partial charge < -0.3 is 10.3 Å². The normalized spacial score (nSPS) is 10.9. The van der Waals surface area contributed by atoms with Gasteiger partial charge in [-0.05, 0) is 6.92 Å². The average molecular weight is 177 g/mol. The summed E-state index contributed by atoms with van der Waals surface area (Å²) < 4.78 is 1.93. The molecule has 0 amide bonds. The highest BCUT2D eigenvalue weighted by molar-refractivity contribution is 5.72. The fourth-order valence-electron chi connectivity index (χ4n) is 1.30. The van der Waals surface area contributed by atoms with Crippen molar-refractivity contribution in [1.29, 1.82) is 0 Å². The first-order valence-electron chi connectivity index (χ1n) is 4.15. The second-order valence-electron chi connectivity index (χ2n) is 2.86. The third-order valence-electron chi connectivity index (χ3n) is 1.95. The number of hydrogen-bond acceptors (Lipinski definition) is 4. The lowest BCUT2D eigenvalue weighted by Gasteiger charge is -1.99. The van der Waals surface area contributed by atoms with E-state index in [1.165, 1.54) is 0 Å². The first-order chi connectivity index (χ1) is 6.33. The van der Waals surface area contributed by atoms with Crippen molar-refractivity contribution in [3.05, 3.63) is 18.3 Å². The highest BCUT2D eigenvalue weighted by Gasteiger charge is 2.05. The lowest BCUT2D eigenvalue weighted by molar-refractivity contribution is 0.721. The summed E-state index contributed by atoms with van der Waals surface area (Å²) in [5.74, 6) is 0. The van der Waals surface area contributed by atoms with Crippen LogP contribution in [0.15, 0.2) is 12.7 Å². The summed E-state index contributed by atoms with van der Waals surface area (Å²) in [6.45, 7) is 3.26. The van der Waals surface area contributed by atoms with Crippen LogP contribution in [0, 0.1) is 6.92 Å². The molecule has 2 heterocycles. The van der Waals surface area contributed by atoms with Crippen LogP contribution in [0.25, 0.3) is 11.2 Å². The summed E-state index contributed by atoms with van der Waals surface area (Å²) in [5, 5.41) is 0. The summed E-state index contributed by atoms with van der Waals surface area (Å²) in [5.41, 5.74) is 8.08. The minimum absolute atomic E-state index is 0.592. The van der Waals surface area contributed by atoms with E-state index in [1.54, 1.807) is 12.7 Å². The molecule has 2 rings (SSSR count). The molecule has 0 fully saturated rings. The molecule has 68 valence electrons. The molecule has 0 aliphatic carbocycles. The van der Waals surface area contributed by atoms with Crippen LogP contribution in [0.1, 0.15) is 5.69 Å². The summed E-state index contributed by atoms with van der Waals surface area (Å²) in [6.07, 6.45) is 3.30. The van der Waals surface area contributed by atoms with Crippen molar-refractivity contribution in [3.63, 3.8) is 0 Å². The minimum atomic E-state index is 0.592. The summed E-state index contributed by atoms with van der Waals surface area (Å²) in [6, 6.07) is 0. The van der Waals surface area contributed by atoms with Gasteiger partial charge in [-0.15, -0.1) is 0 Å². The average Bonchev–Trinajstić information content (AvgIpc) is 2.51. The van der Waals surface area contributed by atoms with E-state index < -0.39 is 0 Å². The largest absolute Gasteiger partial charge is 0.329 e. The van der Waals surface area contributed by atoms with Gasteiger partial charge in [0, 0.05) is 13.1 Å². The number of aromatic nitrogens is 4. The summed E-state index contributed by atoms with van der Waals surface area (Å²) in [4.78, 5) is 12.4. The number of hydrogen-bond donors (Lipinski definition) is 1. The van der Waals surface area contributed by atoms with E-state index in [4.69, 9.17) is 5.73 Å². The predicted molar refractivity (Wildman–Crippen MR) is 49.1 cm³/mol. The van der Waals surface area contributed by atoms with Gasteiger partial charge in [0.2, 0.25) is 0 Å². The molecule has 0 saturated heterocycles. The van der Waals surface area contributed by atoms with E-state index in [0.717, 1.165) is 23.4 Å². The molecular weight excluding hydrogens is 166 g/mol. The molecule has 2 aromatic rings. The second kappa shape index (κ2) is 3.10. The van der Waals surface area contributed by atoms with Crippen LogP contribution in [-0.2, 0) is 6.54 Å². The number of fused-ring (bicyclic) bond motifs is 1. The summed E-state index contributed by atoms with van der Waals surface area (Å²) >= 11 is 0. The van der Waals surface area contributed by atoms with E-state index in [-0.39, 0.29) is 0 Å². The molecule has 0 aliphatic rings.